The number of aryl methyl sites for hydroxylation is 1. The van der Waals surface area contributed by atoms with Gasteiger partial charge in [0.15, 0.2) is 9.84 Å². The van der Waals surface area contributed by atoms with Crippen molar-refractivity contribution in [1.82, 2.24) is 4.90 Å². The van der Waals surface area contributed by atoms with Gasteiger partial charge >= 0.3 is 0 Å². The first-order chi connectivity index (χ1) is 14.6. The first kappa shape index (κ1) is 24.2. The van der Waals surface area contributed by atoms with Crippen molar-refractivity contribution in [2.24, 2.45) is 11.8 Å². The highest BCUT2D eigenvalue weighted by molar-refractivity contribution is 7.91. The van der Waals surface area contributed by atoms with Crippen LogP contribution in [0.3, 0.4) is 0 Å². The van der Waals surface area contributed by atoms with Gasteiger partial charge in [-0.05, 0) is 82.9 Å². The summed E-state index contributed by atoms with van der Waals surface area (Å²) in [6, 6.07) is 8.07. The molecule has 5 nitrogen and oxygen atoms in total. The molecule has 0 unspecified atom stereocenters. The standard InChI is InChI=1S/C25H39NO4S/c1-18(2)31(28,29)17-23-12-9-21(10-13-23)8-11-22-6-5-7-24(14-22)25(27)26-15-19(3)30-20(4)16-26/h5-7,14,18-21,23H,8-13,15-17H2,1-4H3/t19-,20+,21?,23?. The average molecular weight is 450 g/mol. The van der Waals surface area contributed by atoms with Crippen LogP contribution in [-0.4, -0.2) is 55.5 Å². The summed E-state index contributed by atoms with van der Waals surface area (Å²) in [7, 11) is -2.94. The number of carbonyl (C=O) groups excluding carboxylic acids is 1. The smallest absolute Gasteiger partial charge is 0.254 e. The van der Waals surface area contributed by atoms with Gasteiger partial charge in [-0.25, -0.2) is 8.42 Å². The van der Waals surface area contributed by atoms with Gasteiger partial charge in [-0.15, -0.1) is 0 Å². The van der Waals surface area contributed by atoms with Crippen LogP contribution in [0, 0.1) is 11.8 Å². The summed E-state index contributed by atoms with van der Waals surface area (Å²) < 4.78 is 30.1. The second-order valence-corrected chi connectivity index (χ2v) is 12.6. The fourth-order valence-corrected chi connectivity index (χ4v) is 6.34. The van der Waals surface area contributed by atoms with Gasteiger partial charge in [0.25, 0.3) is 5.91 Å². The number of morpholine rings is 1. The van der Waals surface area contributed by atoms with E-state index >= 15 is 0 Å². The van der Waals surface area contributed by atoms with Crippen molar-refractivity contribution in [3.63, 3.8) is 0 Å². The molecule has 1 amide bonds. The number of benzene rings is 1. The second kappa shape index (κ2) is 10.5. The zero-order valence-electron chi connectivity index (χ0n) is 19.5. The van der Waals surface area contributed by atoms with E-state index in [-0.39, 0.29) is 23.4 Å². The molecule has 3 rings (SSSR count). The van der Waals surface area contributed by atoms with E-state index in [9.17, 15) is 13.2 Å². The van der Waals surface area contributed by atoms with E-state index in [2.05, 4.69) is 6.07 Å². The maximum Gasteiger partial charge on any atom is 0.254 e. The van der Waals surface area contributed by atoms with Crippen LogP contribution in [0.25, 0.3) is 0 Å². The Morgan fingerprint density at radius 3 is 2.29 bits per heavy atom. The zero-order valence-corrected chi connectivity index (χ0v) is 20.4. The molecule has 0 radical (unpaired) electrons. The highest BCUT2D eigenvalue weighted by Crippen LogP contribution is 2.33. The fraction of sp³-hybridized carbons (Fsp3) is 0.720. The molecule has 1 saturated carbocycles. The molecule has 1 aliphatic carbocycles. The maximum absolute atomic E-state index is 13.0. The van der Waals surface area contributed by atoms with Crippen LogP contribution in [0.5, 0.6) is 0 Å². The third kappa shape index (κ3) is 6.79. The number of nitrogens with zero attached hydrogens (tertiary/aromatic N) is 1. The Bertz CT molecular complexity index is 833. The van der Waals surface area contributed by atoms with Gasteiger partial charge in [-0.1, -0.05) is 25.0 Å². The quantitative estimate of drug-likeness (QED) is 0.615. The number of hydrogen-bond donors (Lipinski definition) is 0. The monoisotopic (exact) mass is 449 g/mol. The number of amides is 1. The van der Waals surface area contributed by atoms with Crippen molar-refractivity contribution < 1.29 is 17.9 Å². The van der Waals surface area contributed by atoms with E-state index < -0.39 is 9.84 Å². The summed E-state index contributed by atoms with van der Waals surface area (Å²) in [4.78, 5) is 14.9. The predicted octanol–water partition coefficient (Wildman–Crippen LogP) is 4.50. The molecule has 0 aromatic heterocycles. The number of ether oxygens (including phenoxy) is 1. The Labute approximate surface area is 188 Å². The maximum atomic E-state index is 13.0. The summed E-state index contributed by atoms with van der Waals surface area (Å²) >= 11 is 0. The van der Waals surface area contributed by atoms with Gasteiger partial charge in [0.05, 0.1) is 23.2 Å². The van der Waals surface area contributed by atoms with Crippen molar-refractivity contribution in [2.75, 3.05) is 18.8 Å². The van der Waals surface area contributed by atoms with Crippen LogP contribution in [-0.2, 0) is 21.0 Å². The largest absolute Gasteiger partial charge is 0.372 e. The summed E-state index contributed by atoms with van der Waals surface area (Å²) in [5, 5.41) is -0.274. The molecule has 6 heteroatoms. The molecule has 2 fully saturated rings. The van der Waals surface area contributed by atoms with E-state index in [0.717, 1.165) is 44.1 Å². The van der Waals surface area contributed by atoms with E-state index in [0.29, 0.717) is 30.7 Å². The molecular formula is C25H39NO4S. The first-order valence-corrected chi connectivity index (χ1v) is 13.6. The topological polar surface area (TPSA) is 63.7 Å². The SMILES string of the molecule is CC(C)S(=O)(=O)CC1CCC(CCc2cccc(C(=O)N3C[C@@H](C)O[C@@H](C)C3)c2)CC1. The number of rotatable bonds is 7. The van der Waals surface area contributed by atoms with E-state index in [4.69, 9.17) is 4.74 Å². The van der Waals surface area contributed by atoms with E-state index in [1.807, 2.05) is 36.9 Å². The summed E-state index contributed by atoms with van der Waals surface area (Å²) in [6.07, 6.45) is 6.47. The summed E-state index contributed by atoms with van der Waals surface area (Å²) in [6.45, 7) is 8.87. The van der Waals surface area contributed by atoms with Gasteiger partial charge in [0.2, 0.25) is 0 Å². The van der Waals surface area contributed by atoms with Crippen LogP contribution < -0.4 is 0 Å². The van der Waals surface area contributed by atoms with Gasteiger partial charge in [-0.3, -0.25) is 4.79 Å². The molecule has 1 aromatic carbocycles. The zero-order chi connectivity index (χ0) is 22.6. The molecule has 0 bridgehead atoms. The average Bonchev–Trinajstić information content (AvgIpc) is 2.72. The highest BCUT2D eigenvalue weighted by Gasteiger charge is 2.28. The van der Waals surface area contributed by atoms with Gasteiger partial charge in [-0.2, -0.15) is 0 Å². The van der Waals surface area contributed by atoms with Crippen molar-refractivity contribution >= 4 is 15.7 Å². The van der Waals surface area contributed by atoms with Gasteiger partial charge in [0.1, 0.15) is 0 Å². The molecule has 1 saturated heterocycles. The van der Waals surface area contributed by atoms with Crippen molar-refractivity contribution in [3.8, 4) is 0 Å². The van der Waals surface area contributed by atoms with Crippen LogP contribution in [0.15, 0.2) is 24.3 Å². The minimum atomic E-state index is -2.94. The third-order valence-electron chi connectivity index (χ3n) is 6.87. The Morgan fingerprint density at radius 1 is 1.06 bits per heavy atom. The predicted molar refractivity (Wildman–Crippen MR) is 125 cm³/mol. The number of hydrogen-bond acceptors (Lipinski definition) is 4. The molecule has 1 aromatic rings. The molecule has 2 atom stereocenters. The number of sulfone groups is 1. The minimum Gasteiger partial charge on any atom is -0.372 e. The van der Waals surface area contributed by atoms with Crippen molar-refractivity contribution in [3.05, 3.63) is 35.4 Å². The Kier molecular flexibility index (Phi) is 8.19. The van der Waals surface area contributed by atoms with Gasteiger partial charge in [0, 0.05) is 18.7 Å². The third-order valence-corrected chi connectivity index (χ3v) is 9.25. The Morgan fingerprint density at radius 2 is 1.68 bits per heavy atom. The van der Waals surface area contributed by atoms with Gasteiger partial charge < -0.3 is 9.64 Å². The lowest BCUT2D eigenvalue weighted by molar-refractivity contribution is -0.0586. The highest BCUT2D eigenvalue weighted by atomic mass is 32.2. The minimum absolute atomic E-state index is 0.0709. The molecule has 1 aliphatic heterocycles. The lowest BCUT2D eigenvalue weighted by Gasteiger charge is -2.35. The normalized spacial score (nSPS) is 27.5. The van der Waals surface area contributed by atoms with Crippen LogP contribution in [0.4, 0.5) is 0 Å². The van der Waals surface area contributed by atoms with Crippen LogP contribution in [0.2, 0.25) is 0 Å². The molecule has 0 N–H and O–H groups in total. The molecule has 31 heavy (non-hydrogen) atoms. The molecule has 1 heterocycles. The van der Waals surface area contributed by atoms with E-state index in [1.165, 1.54) is 5.56 Å². The van der Waals surface area contributed by atoms with Crippen LogP contribution in [0.1, 0.15) is 75.7 Å². The second-order valence-electron chi connectivity index (χ2n) is 9.97. The van der Waals surface area contributed by atoms with E-state index in [1.54, 1.807) is 13.8 Å². The van der Waals surface area contributed by atoms with Crippen molar-refractivity contribution in [1.29, 1.82) is 0 Å². The van der Waals surface area contributed by atoms with Crippen molar-refractivity contribution in [2.45, 2.75) is 83.7 Å². The fourth-order valence-electron chi connectivity index (χ4n) is 4.96. The molecule has 174 valence electrons. The summed E-state index contributed by atoms with van der Waals surface area (Å²) in [5.74, 6) is 1.41. The summed E-state index contributed by atoms with van der Waals surface area (Å²) in [5.41, 5.74) is 1.98. The molecule has 0 spiro atoms. The molecule has 2 aliphatic rings. The molecular weight excluding hydrogens is 410 g/mol. The Hall–Kier alpha value is -1.40. The number of carbonyl (C=O) groups is 1. The first-order valence-electron chi connectivity index (χ1n) is 11.9. The lowest BCUT2D eigenvalue weighted by Crippen LogP contribution is -2.48. The van der Waals surface area contributed by atoms with Crippen LogP contribution >= 0.6 is 0 Å². The lowest BCUT2D eigenvalue weighted by atomic mass is 9.80. The Balaban J connectivity index is 1.49.